The molecule has 0 aliphatic carbocycles. The molecule has 3 atom stereocenters. The zero-order chi connectivity index (χ0) is 21.8. The first kappa shape index (κ1) is 21.3. The Morgan fingerprint density at radius 3 is 2.58 bits per heavy atom. The van der Waals surface area contributed by atoms with Crippen LogP contribution in [0.15, 0.2) is 76.8 Å². The average molecular weight is 440 g/mol. The van der Waals surface area contributed by atoms with Gasteiger partial charge in [0.05, 0.1) is 5.56 Å². The van der Waals surface area contributed by atoms with Gasteiger partial charge in [-0.15, -0.1) is 0 Å². The van der Waals surface area contributed by atoms with Gasteiger partial charge in [0.15, 0.2) is 5.16 Å². The fourth-order valence-electron chi connectivity index (χ4n) is 3.45. The Hall–Kier alpha value is -2.97. The van der Waals surface area contributed by atoms with Crippen molar-refractivity contribution in [2.45, 2.75) is 30.1 Å². The summed E-state index contributed by atoms with van der Waals surface area (Å²) < 4.78 is 27.2. The van der Waals surface area contributed by atoms with Crippen molar-refractivity contribution < 1.29 is 18.7 Å². The molecule has 1 saturated heterocycles. The van der Waals surface area contributed by atoms with E-state index in [2.05, 4.69) is 4.98 Å². The van der Waals surface area contributed by atoms with Crippen LogP contribution in [0.3, 0.4) is 0 Å². The normalized spacial score (nSPS) is 20.5. The number of thioether (sulfide) groups is 1. The van der Waals surface area contributed by atoms with Crippen LogP contribution in [0.2, 0.25) is 0 Å². The molecule has 1 fully saturated rings. The zero-order valence-corrected chi connectivity index (χ0v) is 17.6. The van der Waals surface area contributed by atoms with Gasteiger partial charge >= 0.3 is 5.97 Å². The summed E-state index contributed by atoms with van der Waals surface area (Å²) in [6, 6.07) is 18.2. The maximum atomic E-state index is 14.5. The number of aromatic nitrogens is 2. The predicted octanol–water partition coefficient (Wildman–Crippen LogP) is 4.11. The van der Waals surface area contributed by atoms with E-state index in [9.17, 15) is 14.0 Å². The molecule has 1 aliphatic rings. The Labute approximate surface area is 183 Å². The highest BCUT2D eigenvalue weighted by molar-refractivity contribution is 7.98. The van der Waals surface area contributed by atoms with Crippen LogP contribution in [0.1, 0.15) is 23.0 Å². The van der Waals surface area contributed by atoms with Crippen molar-refractivity contribution in [2.75, 3.05) is 12.9 Å². The molecule has 3 aromatic rings. The molecule has 0 saturated carbocycles. The summed E-state index contributed by atoms with van der Waals surface area (Å²) in [4.78, 5) is 27.8. The Bertz CT molecular complexity index is 1100. The van der Waals surface area contributed by atoms with E-state index in [0.29, 0.717) is 10.7 Å². The van der Waals surface area contributed by atoms with Gasteiger partial charge in [-0.3, -0.25) is 4.79 Å². The number of rotatable bonds is 6. The van der Waals surface area contributed by atoms with Crippen molar-refractivity contribution >= 4 is 17.7 Å². The van der Waals surface area contributed by atoms with E-state index in [1.54, 1.807) is 29.2 Å². The average Bonchev–Trinajstić information content (AvgIpc) is 3.18. The molecule has 1 aromatic heterocycles. The predicted molar refractivity (Wildman–Crippen MR) is 116 cm³/mol. The van der Waals surface area contributed by atoms with Crippen LogP contribution < -0.4 is 5.56 Å². The van der Waals surface area contributed by atoms with Gasteiger partial charge in [-0.2, -0.15) is 4.98 Å². The van der Waals surface area contributed by atoms with Gasteiger partial charge in [-0.25, -0.2) is 9.18 Å². The quantitative estimate of drug-likeness (QED) is 0.326. The third-order valence-corrected chi connectivity index (χ3v) is 5.73. The van der Waals surface area contributed by atoms with Crippen molar-refractivity contribution in [2.24, 2.45) is 0 Å². The molecule has 0 unspecified atom stereocenters. The molecule has 0 bridgehead atoms. The second-order valence-corrected chi connectivity index (χ2v) is 7.86. The van der Waals surface area contributed by atoms with Crippen LogP contribution >= 0.6 is 11.8 Å². The zero-order valence-electron chi connectivity index (χ0n) is 16.8. The Kier molecular flexibility index (Phi) is 6.48. The fourth-order valence-corrected chi connectivity index (χ4v) is 4.02. The van der Waals surface area contributed by atoms with Gasteiger partial charge in [-0.1, -0.05) is 54.2 Å². The van der Waals surface area contributed by atoms with Crippen molar-refractivity contribution in [3.05, 3.63) is 82.8 Å². The van der Waals surface area contributed by atoms with Crippen LogP contribution in [0.4, 0.5) is 4.39 Å². The van der Waals surface area contributed by atoms with Gasteiger partial charge < -0.3 is 14.0 Å². The van der Waals surface area contributed by atoms with Gasteiger partial charge in [-0.05, 0) is 29.5 Å². The summed E-state index contributed by atoms with van der Waals surface area (Å²) in [5.74, 6) is -0.534. The molecule has 0 amide bonds. The van der Waals surface area contributed by atoms with Gasteiger partial charge in [0.1, 0.15) is 25.1 Å². The number of halogens is 1. The maximum Gasteiger partial charge on any atom is 0.338 e. The van der Waals surface area contributed by atoms with Crippen molar-refractivity contribution in [1.82, 2.24) is 9.55 Å². The van der Waals surface area contributed by atoms with E-state index < -0.39 is 24.5 Å². The second-order valence-electron chi connectivity index (χ2n) is 7.08. The minimum Gasteiger partial charge on any atom is -0.459 e. The number of ether oxygens (including phenoxy) is 2. The monoisotopic (exact) mass is 440 g/mol. The van der Waals surface area contributed by atoms with Crippen LogP contribution in [-0.4, -0.2) is 40.7 Å². The van der Waals surface area contributed by atoms with Crippen LogP contribution in [0.5, 0.6) is 0 Å². The van der Waals surface area contributed by atoms with Gasteiger partial charge in [0, 0.05) is 18.7 Å². The third kappa shape index (κ3) is 4.86. The second kappa shape index (κ2) is 9.45. The van der Waals surface area contributed by atoms with Crippen molar-refractivity contribution in [3.8, 4) is 11.1 Å². The molecule has 2 aromatic carbocycles. The SMILES string of the molecule is CSc1nc(=O)ccn1[C@H]1C[C@H](F)[C@@H](COC(=O)c2ccc(-c3ccccc3)cc2)O1. The standard InChI is InChI=1S/C23H21FN2O4S/c1-31-23-25-20(27)11-12-26(23)21-13-18(24)19(30-21)14-29-22(28)17-9-7-16(8-10-17)15-5-3-2-4-6-15/h2-12,18-19,21H,13-14H2,1H3/t18-,19+,21+/m0/s1. The molecule has 2 heterocycles. The smallest absolute Gasteiger partial charge is 0.338 e. The summed E-state index contributed by atoms with van der Waals surface area (Å²) >= 11 is 1.28. The highest BCUT2D eigenvalue weighted by Gasteiger charge is 2.37. The molecule has 31 heavy (non-hydrogen) atoms. The lowest BCUT2D eigenvalue weighted by molar-refractivity contribution is -0.0458. The summed E-state index contributed by atoms with van der Waals surface area (Å²) in [6.45, 7) is -0.195. The number of carbonyl (C=O) groups is 1. The van der Waals surface area contributed by atoms with Crippen LogP contribution in [0.25, 0.3) is 11.1 Å². The number of benzene rings is 2. The highest BCUT2D eigenvalue weighted by atomic mass is 32.2. The molecular formula is C23H21FN2O4S. The number of hydrogen-bond acceptors (Lipinski definition) is 6. The first-order valence-electron chi connectivity index (χ1n) is 9.80. The first-order valence-corrected chi connectivity index (χ1v) is 11.0. The maximum absolute atomic E-state index is 14.5. The van der Waals surface area contributed by atoms with Crippen molar-refractivity contribution in [3.63, 3.8) is 0 Å². The lowest BCUT2D eigenvalue weighted by Crippen LogP contribution is -2.25. The largest absolute Gasteiger partial charge is 0.459 e. The topological polar surface area (TPSA) is 70.4 Å². The molecule has 160 valence electrons. The Morgan fingerprint density at radius 1 is 1.16 bits per heavy atom. The molecule has 6 nitrogen and oxygen atoms in total. The molecule has 1 aliphatic heterocycles. The molecule has 0 radical (unpaired) electrons. The van der Waals surface area contributed by atoms with Gasteiger partial charge in [0.2, 0.25) is 0 Å². The number of nitrogens with zero attached hydrogens (tertiary/aromatic N) is 2. The van der Waals surface area contributed by atoms with Gasteiger partial charge in [0.25, 0.3) is 5.56 Å². The summed E-state index contributed by atoms with van der Waals surface area (Å²) in [6.07, 6.45) is 0.619. The van der Waals surface area contributed by atoms with E-state index in [1.807, 2.05) is 42.5 Å². The summed E-state index contributed by atoms with van der Waals surface area (Å²) in [7, 11) is 0. The third-order valence-electron chi connectivity index (χ3n) is 5.07. The highest BCUT2D eigenvalue weighted by Crippen LogP contribution is 2.33. The summed E-state index contributed by atoms with van der Waals surface area (Å²) in [5.41, 5.74) is 2.06. The molecule has 4 rings (SSSR count). The minimum absolute atomic E-state index is 0.0894. The van der Waals surface area contributed by atoms with Crippen LogP contribution in [0, 0.1) is 0 Å². The fraction of sp³-hybridized carbons (Fsp3) is 0.261. The lowest BCUT2D eigenvalue weighted by Gasteiger charge is -2.18. The molecule has 0 N–H and O–H groups in total. The molecule has 0 spiro atoms. The van der Waals surface area contributed by atoms with E-state index in [1.165, 1.54) is 17.8 Å². The van der Waals surface area contributed by atoms with E-state index >= 15 is 0 Å². The first-order chi connectivity index (χ1) is 15.0. The minimum atomic E-state index is -1.30. The Morgan fingerprint density at radius 2 is 1.87 bits per heavy atom. The Balaban J connectivity index is 1.37. The van der Waals surface area contributed by atoms with E-state index in [0.717, 1.165) is 11.1 Å². The molecular weight excluding hydrogens is 419 g/mol. The number of hydrogen-bond donors (Lipinski definition) is 0. The van der Waals surface area contributed by atoms with E-state index in [-0.39, 0.29) is 18.6 Å². The number of esters is 1. The summed E-state index contributed by atoms with van der Waals surface area (Å²) in [5, 5.41) is 0.445. The van der Waals surface area contributed by atoms with E-state index in [4.69, 9.17) is 9.47 Å². The van der Waals surface area contributed by atoms with Crippen molar-refractivity contribution in [1.29, 1.82) is 0 Å². The number of carbonyl (C=O) groups excluding carboxylic acids is 1. The van der Waals surface area contributed by atoms with Crippen LogP contribution in [-0.2, 0) is 9.47 Å². The number of alkyl halides is 1. The molecule has 8 heteroatoms. The lowest BCUT2D eigenvalue weighted by atomic mass is 10.0.